The highest BCUT2D eigenvalue weighted by Crippen LogP contribution is 2.31. The van der Waals surface area contributed by atoms with E-state index in [-0.39, 0.29) is 42.3 Å². The Morgan fingerprint density at radius 1 is 1.22 bits per heavy atom. The fourth-order valence-corrected chi connectivity index (χ4v) is 4.19. The number of carbonyl (C=O) groups is 4. The summed E-state index contributed by atoms with van der Waals surface area (Å²) in [5.74, 6) is -1.45. The van der Waals surface area contributed by atoms with Crippen molar-refractivity contribution < 1.29 is 32.3 Å². The summed E-state index contributed by atoms with van der Waals surface area (Å²) in [6.07, 6.45) is -3.37. The summed E-state index contributed by atoms with van der Waals surface area (Å²) in [5, 5.41) is 11.3. The van der Waals surface area contributed by atoms with Crippen LogP contribution in [0.3, 0.4) is 0 Å². The van der Waals surface area contributed by atoms with Crippen LogP contribution in [0.2, 0.25) is 5.02 Å². The summed E-state index contributed by atoms with van der Waals surface area (Å²) in [7, 11) is 0. The molecule has 0 saturated carbocycles. The maximum atomic E-state index is 12.9. The van der Waals surface area contributed by atoms with Crippen LogP contribution < -0.4 is 16.0 Å². The number of aromatic nitrogens is 3. The predicted octanol–water partition coefficient (Wildman–Crippen LogP) is 1.25. The highest BCUT2D eigenvalue weighted by Gasteiger charge is 2.34. The van der Waals surface area contributed by atoms with E-state index in [1.54, 1.807) is 4.68 Å². The molecule has 0 radical (unpaired) electrons. The second-order valence-electron chi connectivity index (χ2n) is 8.29. The van der Waals surface area contributed by atoms with Crippen LogP contribution in [-0.4, -0.2) is 62.5 Å². The Morgan fingerprint density at radius 3 is 2.69 bits per heavy atom. The van der Waals surface area contributed by atoms with E-state index in [0.717, 1.165) is 6.07 Å². The van der Waals surface area contributed by atoms with Crippen LogP contribution in [0.4, 0.5) is 18.0 Å². The molecular formula is C21H21ClF3N7O4. The van der Waals surface area contributed by atoms with Crippen molar-refractivity contribution in [2.75, 3.05) is 13.1 Å². The molecule has 4 heterocycles. The summed E-state index contributed by atoms with van der Waals surface area (Å²) in [5.41, 5.74) is -0.0363. The average Bonchev–Trinajstić information content (AvgIpc) is 3.10. The third-order valence-corrected chi connectivity index (χ3v) is 6.02. The van der Waals surface area contributed by atoms with Crippen molar-refractivity contribution in [1.82, 2.24) is 35.6 Å². The molecule has 2 aliphatic heterocycles. The molecule has 0 bridgehead atoms. The highest BCUT2D eigenvalue weighted by molar-refractivity contribution is 6.31. The first-order chi connectivity index (χ1) is 17.0. The summed E-state index contributed by atoms with van der Waals surface area (Å²) < 4.78 is 39.8. The maximum Gasteiger partial charge on any atom is 0.417 e. The van der Waals surface area contributed by atoms with Crippen molar-refractivity contribution in [3.63, 3.8) is 0 Å². The number of carbonyl (C=O) groups excluding carboxylic acids is 4. The van der Waals surface area contributed by atoms with E-state index < -0.39 is 41.5 Å². The van der Waals surface area contributed by atoms with Crippen molar-refractivity contribution >= 4 is 35.4 Å². The van der Waals surface area contributed by atoms with Crippen molar-refractivity contribution in [1.29, 1.82) is 0 Å². The van der Waals surface area contributed by atoms with Gasteiger partial charge in [-0.3, -0.25) is 29.4 Å². The molecule has 4 rings (SSSR count). The van der Waals surface area contributed by atoms with Gasteiger partial charge in [0, 0.05) is 32.3 Å². The molecule has 2 aromatic heterocycles. The lowest BCUT2D eigenvalue weighted by molar-refractivity contribution is -0.138. The van der Waals surface area contributed by atoms with Gasteiger partial charge < -0.3 is 15.5 Å². The Morgan fingerprint density at radius 2 is 2.00 bits per heavy atom. The number of alkyl halides is 3. The number of imide groups is 1. The van der Waals surface area contributed by atoms with Crippen molar-refractivity contribution in [3.8, 4) is 0 Å². The number of urea groups is 1. The van der Waals surface area contributed by atoms with E-state index in [1.165, 1.54) is 11.0 Å². The molecule has 3 N–H and O–H groups in total. The Labute approximate surface area is 207 Å². The molecule has 1 unspecified atom stereocenters. The number of rotatable bonds is 5. The van der Waals surface area contributed by atoms with E-state index in [1.807, 2.05) is 0 Å². The van der Waals surface area contributed by atoms with Gasteiger partial charge in [0.05, 0.1) is 34.9 Å². The minimum absolute atomic E-state index is 0.0627. The number of aryl methyl sites for hydroxylation is 1. The first-order valence-electron chi connectivity index (χ1n) is 11.0. The van der Waals surface area contributed by atoms with Crippen LogP contribution in [0.25, 0.3) is 0 Å². The molecule has 1 atom stereocenters. The summed E-state index contributed by atoms with van der Waals surface area (Å²) in [4.78, 5) is 53.8. The number of hydrogen-bond donors (Lipinski definition) is 3. The zero-order valence-corrected chi connectivity index (χ0v) is 19.4. The van der Waals surface area contributed by atoms with Gasteiger partial charge in [-0.1, -0.05) is 11.6 Å². The summed E-state index contributed by atoms with van der Waals surface area (Å²) in [6.45, 7) is 1.04. The smallest absolute Gasteiger partial charge is 0.350 e. The van der Waals surface area contributed by atoms with E-state index in [0.29, 0.717) is 31.4 Å². The van der Waals surface area contributed by atoms with E-state index in [4.69, 9.17) is 11.6 Å². The van der Waals surface area contributed by atoms with E-state index >= 15 is 0 Å². The van der Waals surface area contributed by atoms with Crippen LogP contribution in [0.1, 0.15) is 40.3 Å². The van der Waals surface area contributed by atoms with Crippen molar-refractivity contribution in [2.24, 2.45) is 0 Å². The van der Waals surface area contributed by atoms with Crippen LogP contribution in [0.5, 0.6) is 0 Å². The Kier molecular flexibility index (Phi) is 7.15. The first-order valence-corrected chi connectivity index (χ1v) is 11.3. The van der Waals surface area contributed by atoms with Gasteiger partial charge in [-0.25, -0.2) is 4.79 Å². The van der Waals surface area contributed by atoms with Gasteiger partial charge >= 0.3 is 12.2 Å². The molecule has 0 aliphatic carbocycles. The number of pyridine rings is 1. The van der Waals surface area contributed by atoms with Crippen LogP contribution >= 0.6 is 11.6 Å². The molecule has 0 spiro atoms. The fourth-order valence-electron chi connectivity index (χ4n) is 3.93. The quantitative estimate of drug-likeness (QED) is 0.535. The zero-order valence-electron chi connectivity index (χ0n) is 18.7. The monoisotopic (exact) mass is 527 g/mol. The number of nitrogens with zero attached hydrogens (tertiary/aromatic N) is 4. The Balaban J connectivity index is 1.36. The van der Waals surface area contributed by atoms with Crippen molar-refractivity contribution in [3.05, 3.63) is 46.0 Å². The highest BCUT2D eigenvalue weighted by atomic mass is 35.5. The molecule has 0 aromatic carbocycles. The fraction of sp³-hybridized carbons (Fsp3) is 0.429. The lowest BCUT2D eigenvalue weighted by Gasteiger charge is -2.28. The minimum Gasteiger partial charge on any atom is -0.350 e. The number of fused-ring (bicyclic) bond motifs is 1. The summed E-state index contributed by atoms with van der Waals surface area (Å²) >= 11 is 5.89. The Bertz CT molecular complexity index is 1200. The van der Waals surface area contributed by atoms with Crippen LogP contribution in [0, 0.1) is 0 Å². The van der Waals surface area contributed by atoms with Gasteiger partial charge in [0.1, 0.15) is 6.04 Å². The molecule has 15 heteroatoms. The lowest BCUT2D eigenvalue weighted by Crippen LogP contribution is -2.58. The number of halogens is 4. The molecular weight excluding hydrogens is 507 g/mol. The molecule has 2 aromatic rings. The van der Waals surface area contributed by atoms with Gasteiger partial charge in [0.25, 0.3) is 5.91 Å². The van der Waals surface area contributed by atoms with Gasteiger partial charge in [-0.2, -0.15) is 18.3 Å². The minimum atomic E-state index is -4.55. The number of nitrogens with one attached hydrogen (secondary N) is 3. The molecule has 2 aliphatic rings. The standard InChI is InChI=1S/C21H21ClF3N7O4/c22-13-6-11(21(23,24)25)9-27-14(13)2-3-26-18(34)15-7-12-10-31(4-1-5-32(12)30-15)19(35)16-8-17(33)29-20(36)28-16/h6-7,9,16H,1-5,8,10H2,(H,26,34)(H2,28,29,33,36). The number of hydrogen-bond acceptors (Lipinski definition) is 6. The molecule has 36 heavy (non-hydrogen) atoms. The first kappa shape index (κ1) is 25.4. The third-order valence-electron chi connectivity index (χ3n) is 5.70. The van der Waals surface area contributed by atoms with Gasteiger partial charge in [-0.15, -0.1) is 0 Å². The van der Waals surface area contributed by atoms with Gasteiger partial charge in [-0.05, 0) is 18.6 Å². The lowest BCUT2D eigenvalue weighted by atomic mass is 10.1. The molecule has 1 saturated heterocycles. The van der Waals surface area contributed by atoms with Gasteiger partial charge in [0.2, 0.25) is 11.8 Å². The summed E-state index contributed by atoms with van der Waals surface area (Å²) in [6, 6.07) is 0.637. The predicted molar refractivity (Wildman–Crippen MR) is 118 cm³/mol. The molecule has 192 valence electrons. The SMILES string of the molecule is O=C1CC(C(=O)N2CCCn3nc(C(=O)NCCc4ncc(C(F)(F)F)cc4Cl)cc3C2)NC(=O)N1. The normalized spacial score (nSPS) is 18.1. The maximum absolute atomic E-state index is 12.9. The van der Waals surface area contributed by atoms with Crippen molar-refractivity contribution in [2.45, 2.75) is 44.6 Å². The zero-order chi connectivity index (χ0) is 26.0. The van der Waals surface area contributed by atoms with Crippen LogP contribution in [0.15, 0.2) is 18.3 Å². The second kappa shape index (κ2) is 10.1. The number of amides is 5. The Hall–Kier alpha value is -3.68. The van der Waals surface area contributed by atoms with E-state index in [2.05, 4.69) is 26.0 Å². The molecule has 1 fully saturated rings. The topological polar surface area (TPSA) is 138 Å². The average molecular weight is 528 g/mol. The largest absolute Gasteiger partial charge is 0.417 e. The molecule has 5 amide bonds. The second-order valence-corrected chi connectivity index (χ2v) is 8.70. The molecule has 11 nitrogen and oxygen atoms in total. The van der Waals surface area contributed by atoms with Gasteiger partial charge in [0.15, 0.2) is 5.69 Å². The third kappa shape index (κ3) is 5.75. The van der Waals surface area contributed by atoms with E-state index in [9.17, 15) is 32.3 Å². The van der Waals surface area contributed by atoms with Crippen LogP contribution in [-0.2, 0) is 35.3 Å².